The molecule has 3 saturated carbocycles. The molecule has 3 fully saturated rings. The molecule has 1 aliphatic heterocycles. The maximum absolute atomic E-state index is 11.6. The lowest BCUT2D eigenvalue weighted by Crippen LogP contribution is -2.51. The molecule has 6 heteroatoms. The third-order valence-electron chi connectivity index (χ3n) is 8.87. The molecule has 160 valence electrons. The van der Waals surface area contributed by atoms with Crippen molar-refractivity contribution in [2.75, 3.05) is 6.61 Å². The molecule has 3 N–H and O–H groups in total. The summed E-state index contributed by atoms with van der Waals surface area (Å²) >= 11 is 0. The minimum atomic E-state index is -0.591. The van der Waals surface area contributed by atoms with Crippen LogP contribution in [0, 0.1) is 28.6 Å². The number of fused-ring (bicyclic) bond motifs is 5. The fraction of sp³-hybridized carbons (Fsp3) is 0.625. The average molecular weight is 410 g/mol. The summed E-state index contributed by atoms with van der Waals surface area (Å²) in [6.07, 6.45) is 14.1. The van der Waals surface area contributed by atoms with Gasteiger partial charge in [-0.15, -0.1) is 0 Å². The van der Waals surface area contributed by atoms with E-state index in [1.165, 1.54) is 24.8 Å². The molecule has 0 spiro atoms. The van der Waals surface area contributed by atoms with Crippen LogP contribution in [-0.4, -0.2) is 24.3 Å². The van der Waals surface area contributed by atoms with Crippen molar-refractivity contribution < 1.29 is 14.3 Å². The van der Waals surface area contributed by atoms with E-state index in [9.17, 15) is 9.59 Å². The van der Waals surface area contributed by atoms with Crippen LogP contribution in [0.1, 0.15) is 58.8 Å². The standard InChI is InChI=1S/C24H31N3O3/c1-23-9-7-16(26-27-22(25)29)12-15(23)3-4-17-19-6-5-18(14-11-21(28)30-13-14)24(19,2)10-8-20(17)23/h5-6,11,15,17,20H,3-4,7-10,12-13H2,1-2H3,(H3,25,27,29)/t15?,17?,20-,23-,24+/m0/s1. The molecule has 5 aliphatic rings. The Morgan fingerprint density at radius 1 is 1.23 bits per heavy atom. The van der Waals surface area contributed by atoms with Crippen molar-refractivity contribution >= 4 is 17.7 Å². The van der Waals surface area contributed by atoms with E-state index in [1.807, 2.05) is 0 Å². The number of nitrogens with one attached hydrogen (secondary N) is 1. The van der Waals surface area contributed by atoms with E-state index >= 15 is 0 Å². The Morgan fingerprint density at radius 2 is 2.07 bits per heavy atom. The van der Waals surface area contributed by atoms with E-state index < -0.39 is 6.03 Å². The molecule has 0 aromatic heterocycles. The van der Waals surface area contributed by atoms with Crippen molar-refractivity contribution in [2.24, 2.45) is 39.4 Å². The number of nitrogens with zero attached hydrogens (tertiary/aromatic N) is 1. The number of amides is 2. The molecule has 0 radical (unpaired) electrons. The molecule has 30 heavy (non-hydrogen) atoms. The highest BCUT2D eigenvalue weighted by Crippen LogP contribution is 2.65. The Kier molecular flexibility index (Phi) is 4.46. The third kappa shape index (κ3) is 2.87. The van der Waals surface area contributed by atoms with E-state index in [2.05, 4.69) is 36.5 Å². The Bertz CT molecular complexity index is 930. The number of carbonyl (C=O) groups excluding carboxylic acids is 2. The molecule has 1 heterocycles. The zero-order valence-electron chi connectivity index (χ0n) is 17.9. The van der Waals surface area contributed by atoms with Crippen LogP contribution in [0.3, 0.4) is 0 Å². The van der Waals surface area contributed by atoms with Crippen molar-refractivity contribution in [3.8, 4) is 0 Å². The number of hydrazone groups is 1. The van der Waals surface area contributed by atoms with E-state index in [-0.39, 0.29) is 11.4 Å². The summed E-state index contributed by atoms with van der Waals surface area (Å²) in [6, 6.07) is -0.591. The zero-order chi connectivity index (χ0) is 21.1. The smallest absolute Gasteiger partial charge is 0.332 e. The minimum absolute atomic E-state index is 0.0386. The molecular formula is C24H31N3O3. The Morgan fingerprint density at radius 3 is 2.80 bits per heavy atom. The second-order valence-electron chi connectivity index (χ2n) is 10.2. The van der Waals surface area contributed by atoms with Crippen LogP contribution >= 0.6 is 0 Å². The largest absolute Gasteiger partial charge is 0.458 e. The molecule has 0 aromatic carbocycles. The Hall–Kier alpha value is -2.37. The number of hydrogen-bond acceptors (Lipinski definition) is 4. The van der Waals surface area contributed by atoms with E-state index in [0.717, 1.165) is 37.0 Å². The van der Waals surface area contributed by atoms with Gasteiger partial charge in [0.2, 0.25) is 0 Å². The normalized spacial score (nSPS) is 41.1. The molecule has 5 atom stereocenters. The summed E-state index contributed by atoms with van der Waals surface area (Å²) in [5.74, 6) is 1.70. The Balaban J connectivity index is 1.36. The second kappa shape index (κ2) is 6.82. The van der Waals surface area contributed by atoms with Crippen molar-refractivity contribution in [3.05, 3.63) is 34.9 Å². The zero-order valence-corrected chi connectivity index (χ0v) is 17.9. The molecule has 0 bridgehead atoms. The summed E-state index contributed by atoms with van der Waals surface area (Å²) in [4.78, 5) is 22.6. The van der Waals surface area contributed by atoms with Gasteiger partial charge < -0.3 is 10.5 Å². The quantitative estimate of drug-likeness (QED) is 0.533. The van der Waals surface area contributed by atoms with Crippen molar-refractivity contribution in [1.29, 1.82) is 0 Å². The van der Waals surface area contributed by atoms with E-state index in [1.54, 1.807) is 11.6 Å². The second-order valence-corrected chi connectivity index (χ2v) is 10.2. The highest BCUT2D eigenvalue weighted by Gasteiger charge is 2.56. The lowest BCUT2D eigenvalue weighted by Gasteiger charge is -2.58. The first-order valence-corrected chi connectivity index (χ1v) is 11.2. The van der Waals surface area contributed by atoms with Gasteiger partial charge >= 0.3 is 12.0 Å². The van der Waals surface area contributed by atoms with E-state index in [4.69, 9.17) is 10.5 Å². The predicted molar refractivity (Wildman–Crippen MR) is 114 cm³/mol. The maximum atomic E-state index is 11.6. The van der Waals surface area contributed by atoms with Crippen molar-refractivity contribution in [3.63, 3.8) is 0 Å². The van der Waals surface area contributed by atoms with Gasteiger partial charge in [-0.3, -0.25) is 0 Å². The molecule has 6 nitrogen and oxygen atoms in total. The number of esters is 1. The number of cyclic esters (lactones) is 1. The number of carbonyl (C=O) groups is 2. The summed E-state index contributed by atoms with van der Waals surface area (Å²) in [7, 11) is 0. The number of ether oxygens (including phenoxy) is 1. The minimum Gasteiger partial charge on any atom is -0.458 e. The van der Waals surface area contributed by atoms with Gasteiger partial charge in [0.15, 0.2) is 0 Å². The van der Waals surface area contributed by atoms with Gasteiger partial charge in [-0.1, -0.05) is 31.6 Å². The highest BCUT2D eigenvalue weighted by atomic mass is 16.5. The average Bonchev–Trinajstić information content (AvgIpc) is 3.28. The first kappa shape index (κ1) is 19.6. The fourth-order valence-electron chi connectivity index (χ4n) is 7.28. The number of nitrogens with two attached hydrogens (primary N) is 1. The SMILES string of the molecule is C[C@]12CC[C@H]3C(CCC4CC(=NNC(N)=O)CC[C@@]43C)C1=CC=C2C1=CC(=O)OC1. The topological polar surface area (TPSA) is 93.8 Å². The number of rotatable bonds is 2. The predicted octanol–water partition coefficient (Wildman–Crippen LogP) is 3.99. The molecule has 0 aromatic rings. The van der Waals surface area contributed by atoms with Gasteiger partial charge in [-0.2, -0.15) is 5.10 Å². The molecule has 2 amide bonds. The monoisotopic (exact) mass is 409 g/mol. The van der Waals surface area contributed by atoms with Crippen LogP contribution in [0.4, 0.5) is 4.79 Å². The first-order valence-electron chi connectivity index (χ1n) is 11.2. The molecule has 5 rings (SSSR count). The van der Waals surface area contributed by atoms with E-state index in [0.29, 0.717) is 29.8 Å². The van der Waals surface area contributed by atoms with Crippen molar-refractivity contribution in [1.82, 2.24) is 5.43 Å². The summed E-state index contributed by atoms with van der Waals surface area (Å²) in [5.41, 5.74) is 13.0. The van der Waals surface area contributed by atoms with Gasteiger partial charge in [0, 0.05) is 22.8 Å². The van der Waals surface area contributed by atoms with Gasteiger partial charge in [0.25, 0.3) is 0 Å². The van der Waals surface area contributed by atoms with Crippen LogP contribution in [0.5, 0.6) is 0 Å². The molecular weight excluding hydrogens is 378 g/mol. The fourth-order valence-corrected chi connectivity index (χ4v) is 7.28. The summed E-state index contributed by atoms with van der Waals surface area (Å²) < 4.78 is 5.20. The number of hydrogen-bond donors (Lipinski definition) is 2. The van der Waals surface area contributed by atoms with Gasteiger partial charge in [0.1, 0.15) is 6.61 Å². The van der Waals surface area contributed by atoms with Crippen LogP contribution in [-0.2, 0) is 9.53 Å². The molecule has 4 aliphatic carbocycles. The Labute approximate surface area is 177 Å². The number of allylic oxidation sites excluding steroid dienone is 3. The lowest BCUT2D eigenvalue weighted by atomic mass is 9.46. The van der Waals surface area contributed by atoms with Gasteiger partial charge in [-0.05, 0) is 73.7 Å². The number of primary amides is 1. The van der Waals surface area contributed by atoms with Gasteiger partial charge in [0.05, 0.1) is 0 Å². The highest BCUT2D eigenvalue weighted by molar-refractivity contribution is 5.87. The van der Waals surface area contributed by atoms with Crippen LogP contribution in [0.15, 0.2) is 40.0 Å². The molecule has 2 unspecified atom stereocenters. The third-order valence-corrected chi connectivity index (χ3v) is 8.87. The first-order chi connectivity index (χ1) is 14.3. The lowest BCUT2D eigenvalue weighted by molar-refractivity contribution is -0.134. The number of urea groups is 1. The summed E-state index contributed by atoms with van der Waals surface area (Å²) in [6.45, 7) is 5.27. The van der Waals surface area contributed by atoms with Gasteiger partial charge in [-0.25, -0.2) is 15.0 Å². The molecule has 0 saturated heterocycles. The van der Waals surface area contributed by atoms with Crippen molar-refractivity contribution in [2.45, 2.75) is 58.8 Å². The van der Waals surface area contributed by atoms with Crippen LogP contribution < -0.4 is 11.2 Å². The maximum Gasteiger partial charge on any atom is 0.332 e. The van der Waals surface area contributed by atoms with Crippen LogP contribution in [0.2, 0.25) is 0 Å². The summed E-state index contributed by atoms with van der Waals surface area (Å²) in [5, 5.41) is 4.26. The van der Waals surface area contributed by atoms with Crippen LogP contribution in [0.25, 0.3) is 0 Å².